The van der Waals surface area contributed by atoms with Gasteiger partial charge in [-0.05, 0) is 35.4 Å². The van der Waals surface area contributed by atoms with Gasteiger partial charge in [-0.1, -0.05) is 33.8 Å². The summed E-state index contributed by atoms with van der Waals surface area (Å²) in [6, 6.07) is 2.48. The molecule has 3 atom stereocenters. The molecule has 1 aliphatic carbocycles. The zero-order valence-corrected chi connectivity index (χ0v) is 20.7. The molecule has 1 aromatic heterocycles. The van der Waals surface area contributed by atoms with Gasteiger partial charge in [0.25, 0.3) is 0 Å². The van der Waals surface area contributed by atoms with Gasteiger partial charge in [0.05, 0.1) is 23.0 Å². The molecule has 3 heterocycles. The summed E-state index contributed by atoms with van der Waals surface area (Å²) in [7, 11) is 0. The van der Waals surface area contributed by atoms with Crippen LogP contribution in [0.4, 0.5) is 17.6 Å². The molecule has 196 valence electrons. The summed E-state index contributed by atoms with van der Waals surface area (Å²) in [6.07, 6.45) is -6.39. The van der Waals surface area contributed by atoms with E-state index in [-0.39, 0.29) is 11.5 Å². The van der Waals surface area contributed by atoms with Crippen molar-refractivity contribution in [2.45, 2.75) is 83.0 Å². The standard InChI is InChI=1S/C27H31F4NO4/c1-13(2)21-19-20(18-17(33)12-25(3,4)24(34)22(18)32-21)26(7-9-35-10-8-26)36-23(19)15-6-5-14(11-16(15)28)27(29,30)31/h5-6,11,13,17,23-24,33-34H,7-10,12H2,1-4H3/t17?,23-,24+/m1/s1. The normalized spacial score (nSPS) is 26.8. The van der Waals surface area contributed by atoms with Crippen molar-refractivity contribution in [1.29, 1.82) is 0 Å². The Morgan fingerprint density at radius 1 is 1.08 bits per heavy atom. The van der Waals surface area contributed by atoms with Crippen molar-refractivity contribution in [2.24, 2.45) is 5.41 Å². The fraction of sp³-hybridized carbons (Fsp3) is 0.593. The van der Waals surface area contributed by atoms with Crippen molar-refractivity contribution in [3.63, 3.8) is 0 Å². The molecule has 5 nitrogen and oxygen atoms in total. The van der Waals surface area contributed by atoms with Gasteiger partial charge in [-0.2, -0.15) is 13.2 Å². The summed E-state index contributed by atoms with van der Waals surface area (Å²) in [6.45, 7) is 8.32. The molecule has 0 bridgehead atoms. The number of rotatable bonds is 2. The molecule has 0 saturated carbocycles. The maximum Gasteiger partial charge on any atom is 0.416 e. The van der Waals surface area contributed by atoms with E-state index >= 15 is 4.39 Å². The Kier molecular flexibility index (Phi) is 6.02. The molecule has 1 aromatic carbocycles. The molecule has 2 N–H and O–H groups in total. The number of alkyl halides is 3. The Morgan fingerprint density at radius 3 is 2.33 bits per heavy atom. The number of ether oxygens (including phenoxy) is 2. The van der Waals surface area contributed by atoms with Crippen LogP contribution in [0.3, 0.4) is 0 Å². The summed E-state index contributed by atoms with van der Waals surface area (Å²) >= 11 is 0. The number of pyridine rings is 1. The zero-order valence-electron chi connectivity index (χ0n) is 20.7. The van der Waals surface area contributed by atoms with Crippen molar-refractivity contribution in [3.05, 3.63) is 63.2 Å². The number of aliphatic hydroxyl groups is 2. The molecule has 3 aliphatic rings. The molecule has 1 unspecified atom stereocenters. The van der Waals surface area contributed by atoms with E-state index in [0.717, 1.165) is 12.1 Å². The number of nitrogens with zero attached hydrogens (tertiary/aromatic N) is 1. The monoisotopic (exact) mass is 509 g/mol. The summed E-state index contributed by atoms with van der Waals surface area (Å²) in [5.74, 6) is -1.17. The van der Waals surface area contributed by atoms with Crippen LogP contribution in [-0.4, -0.2) is 28.4 Å². The average Bonchev–Trinajstić information content (AvgIpc) is 3.10. The van der Waals surface area contributed by atoms with E-state index in [0.29, 0.717) is 66.6 Å². The smallest absolute Gasteiger partial charge is 0.388 e. The van der Waals surface area contributed by atoms with Crippen molar-refractivity contribution in [1.82, 2.24) is 4.98 Å². The van der Waals surface area contributed by atoms with Crippen molar-refractivity contribution in [3.8, 4) is 0 Å². The van der Waals surface area contributed by atoms with Crippen molar-refractivity contribution < 1.29 is 37.2 Å². The summed E-state index contributed by atoms with van der Waals surface area (Å²) in [4.78, 5) is 4.83. The van der Waals surface area contributed by atoms with Gasteiger partial charge in [0.1, 0.15) is 18.0 Å². The van der Waals surface area contributed by atoms with E-state index in [1.54, 1.807) is 0 Å². The molecule has 0 radical (unpaired) electrons. The quantitative estimate of drug-likeness (QED) is 0.487. The largest absolute Gasteiger partial charge is 0.416 e. The minimum Gasteiger partial charge on any atom is -0.388 e. The third-order valence-corrected chi connectivity index (χ3v) is 7.90. The Morgan fingerprint density at radius 2 is 1.75 bits per heavy atom. The van der Waals surface area contributed by atoms with Crippen LogP contribution in [0.1, 0.15) is 110 Å². The Bertz CT molecular complexity index is 1190. The third kappa shape index (κ3) is 3.86. The maximum absolute atomic E-state index is 15.3. The Labute approximate surface area is 207 Å². The second-order valence-corrected chi connectivity index (χ2v) is 11.2. The van der Waals surface area contributed by atoms with E-state index in [2.05, 4.69) is 0 Å². The van der Waals surface area contributed by atoms with E-state index in [1.165, 1.54) is 0 Å². The lowest BCUT2D eigenvalue weighted by atomic mass is 9.68. The summed E-state index contributed by atoms with van der Waals surface area (Å²) in [5.41, 5.74) is 0.0947. The van der Waals surface area contributed by atoms with Crippen molar-refractivity contribution in [2.75, 3.05) is 13.2 Å². The fourth-order valence-corrected chi connectivity index (χ4v) is 6.02. The predicted octanol–water partition coefficient (Wildman–Crippen LogP) is 5.98. The van der Waals surface area contributed by atoms with Gasteiger partial charge in [-0.25, -0.2) is 4.39 Å². The minimum absolute atomic E-state index is 0.0116. The van der Waals surface area contributed by atoms with E-state index in [1.807, 2.05) is 27.7 Å². The topological polar surface area (TPSA) is 71.8 Å². The number of hydrogen-bond acceptors (Lipinski definition) is 5. The highest BCUT2D eigenvalue weighted by Crippen LogP contribution is 2.59. The van der Waals surface area contributed by atoms with Gasteiger partial charge >= 0.3 is 6.18 Å². The molecule has 1 spiro atoms. The highest BCUT2D eigenvalue weighted by molar-refractivity contribution is 5.55. The molecule has 0 amide bonds. The van der Waals surface area contributed by atoms with Gasteiger partial charge in [0.2, 0.25) is 0 Å². The molecule has 5 rings (SSSR count). The van der Waals surface area contributed by atoms with Gasteiger partial charge in [-0.3, -0.25) is 4.98 Å². The SMILES string of the molecule is CC(C)c1nc2c(c3c1[C@@H](c1ccc(C(F)(F)F)cc1F)OC31CCOCC1)C(O)CC(C)(C)[C@H]2O. The van der Waals surface area contributed by atoms with Gasteiger partial charge in [-0.15, -0.1) is 0 Å². The lowest BCUT2D eigenvalue weighted by Crippen LogP contribution is -2.38. The molecule has 2 aromatic rings. The van der Waals surface area contributed by atoms with Crippen molar-refractivity contribution >= 4 is 0 Å². The highest BCUT2D eigenvalue weighted by atomic mass is 19.4. The first-order valence-corrected chi connectivity index (χ1v) is 12.3. The minimum atomic E-state index is -4.67. The second kappa shape index (κ2) is 8.48. The first-order valence-electron chi connectivity index (χ1n) is 12.3. The molecule has 1 fully saturated rings. The van der Waals surface area contributed by atoms with E-state index in [9.17, 15) is 23.4 Å². The molecule has 1 saturated heterocycles. The first-order chi connectivity index (χ1) is 16.8. The highest BCUT2D eigenvalue weighted by Gasteiger charge is 2.54. The maximum atomic E-state index is 15.3. The predicted molar refractivity (Wildman–Crippen MR) is 123 cm³/mol. The van der Waals surface area contributed by atoms with Crippen LogP contribution in [-0.2, 0) is 21.3 Å². The number of aromatic nitrogens is 1. The summed E-state index contributed by atoms with van der Waals surface area (Å²) < 4.78 is 67.2. The lowest BCUT2D eigenvalue weighted by Gasteiger charge is -2.42. The number of hydrogen-bond donors (Lipinski definition) is 2. The van der Waals surface area contributed by atoms with Gasteiger partial charge in [0.15, 0.2) is 0 Å². The molecule has 2 aliphatic heterocycles. The number of halogens is 4. The zero-order chi connectivity index (χ0) is 26.2. The van der Waals surface area contributed by atoms with Crippen LogP contribution in [0, 0.1) is 11.2 Å². The number of fused-ring (bicyclic) bond motifs is 4. The van der Waals surface area contributed by atoms with Crippen LogP contribution >= 0.6 is 0 Å². The molecule has 36 heavy (non-hydrogen) atoms. The third-order valence-electron chi connectivity index (χ3n) is 7.90. The lowest BCUT2D eigenvalue weighted by molar-refractivity contribution is -0.138. The Balaban J connectivity index is 1.79. The first kappa shape index (κ1) is 25.6. The molecular formula is C27H31F4NO4. The van der Waals surface area contributed by atoms with E-state index < -0.39 is 46.9 Å². The van der Waals surface area contributed by atoms with Crippen LogP contribution < -0.4 is 0 Å². The fourth-order valence-electron chi connectivity index (χ4n) is 6.02. The van der Waals surface area contributed by atoms with Crippen LogP contribution in [0.15, 0.2) is 18.2 Å². The molecular weight excluding hydrogens is 478 g/mol. The second-order valence-electron chi connectivity index (χ2n) is 11.2. The Hall–Kier alpha value is -2.07. The van der Waals surface area contributed by atoms with Crippen LogP contribution in [0.25, 0.3) is 0 Å². The average molecular weight is 510 g/mol. The summed E-state index contributed by atoms with van der Waals surface area (Å²) in [5, 5.41) is 22.6. The van der Waals surface area contributed by atoms with Crippen LogP contribution in [0.2, 0.25) is 0 Å². The number of benzene rings is 1. The van der Waals surface area contributed by atoms with Gasteiger partial charge < -0.3 is 19.7 Å². The van der Waals surface area contributed by atoms with E-state index in [4.69, 9.17) is 14.5 Å². The molecule has 9 heteroatoms. The van der Waals surface area contributed by atoms with Gasteiger partial charge in [0, 0.05) is 48.4 Å². The number of aliphatic hydroxyl groups excluding tert-OH is 2. The van der Waals surface area contributed by atoms with Crippen LogP contribution in [0.5, 0.6) is 0 Å².